The molecule has 0 spiro atoms. The Labute approximate surface area is 121 Å². The van der Waals surface area contributed by atoms with Crippen LogP contribution in [0.3, 0.4) is 0 Å². The van der Waals surface area contributed by atoms with Crippen LogP contribution in [0.4, 0.5) is 4.79 Å². The largest absolute Gasteiger partial charge is 0.481 e. The molecule has 5 heteroatoms. The summed E-state index contributed by atoms with van der Waals surface area (Å²) in [4.78, 5) is 24.9. The fraction of sp³-hybridized carbons (Fsp3) is 0.733. The number of nitrogens with one attached hydrogen (secondary N) is 1. The first-order valence-corrected chi connectivity index (χ1v) is 7.24. The fourth-order valence-corrected chi connectivity index (χ4v) is 2.80. The van der Waals surface area contributed by atoms with Crippen molar-refractivity contribution in [1.82, 2.24) is 10.2 Å². The maximum atomic E-state index is 12.2. The van der Waals surface area contributed by atoms with E-state index < -0.39 is 11.5 Å². The molecule has 0 aromatic rings. The van der Waals surface area contributed by atoms with Crippen molar-refractivity contribution in [2.45, 2.75) is 57.9 Å². The van der Waals surface area contributed by atoms with Gasteiger partial charge in [0.15, 0.2) is 0 Å². The number of carbonyl (C=O) groups excluding carboxylic acids is 1. The number of allylic oxidation sites excluding steroid dienone is 1. The molecule has 20 heavy (non-hydrogen) atoms. The Bertz CT molecular complexity index is 381. The number of carbonyl (C=O) groups is 2. The lowest BCUT2D eigenvalue weighted by molar-refractivity contribution is -0.140. The van der Waals surface area contributed by atoms with Gasteiger partial charge in [-0.2, -0.15) is 0 Å². The topological polar surface area (TPSA) is 69.6 Å². The normalized spacial score (nSPS) is 17.1. The van der Waals surface area contributed by atoms with Crippen LogP contribution in [-0.4, -0.2) is 41.1 Å². The van der Waals surface area contributed by atoms with Crippen molar-refractivity contribution in [3.8, 4) is 0 Å². The van der Waals surface area contributed by atoms with E-state index in [0.717, 1.165) is 37.7 Å². The Kier molecular flexibility index (Phi) is 6.05. The monoisotopic (exact) mass is 282 g/mol. The molecule has 0 bridgehead atoms. The first-order chi connectivity index (χ1) is 9.37. The van der Waals surface area contributed by atoms with E-state index >= 15 is 0 Å². The smallest absolute Gasteiger partial charge is 0.317 e. The fourth-order valence-electron chi connectivity index (χ4n) is 2.80. The maximum absolute atomic E-state index is 12.2. The molecule has 5 nitrogen and oxygen atoms in total. The zero-order chi connectivity index (χ0) is 15.2. The highest BCUT2D eigenvalue weighted by Gasteiger charge is 2.40. The van der Waals surface area contributed by atoms with Crippen molar-refractivity contribution in [3.63, 3.8) is 0 Å². The van der Waals surface area contributed by atoms with Crippen LogP contribution in [0.5, 0.6) is 0 Å². The van der Waals surface area contributed by atoms with Gasteiger partial charge in [-0.15, -0.1) is 0 Å². The molecule has 1 rings (SSSR count). The minimum atomic E-state index is -0.837. The molecule has 2 amide bonds. The van der Waals surface area contributed by atoms with Gasteiger partial charge in [0.2, 0.25) is 0 Å². The van der Waals surface area contributed by atoms with Gasteiger partial charge in [0, 0.05) is 13.6 Å². The lowest BCUT2D eigenvalue weighted by atomic mass is 9.78. The molecule has 0 atom stereocenters. The third-order valence-electron chi connectivity index (χ3n) is 4.04. The van der Waals surface area contributed by atoms with Gasteiger partial charge in [-0.1, -0.05) is 30.9 Å². The van der Waals surface area contributed by atoms with E-state index in [1.54, 1.807) is 11.9 Å². The number of carboxylic acid groups (broad SMARTS) is 1. The van der Waals surface area contributed by atoms with Crippen molar-refractivity contribution < 1.29 is 14.7 Å². The van der Waals surface area contributed by atoms with Gasteiger partial charge in [-0.3, -0.25) is 4.79 Å². The van der Waals surface area contributed by atoms with E-state index in [2.05, 4.69) is 5.32 Å². The van der Waals surface area contributed by atoms with Crippen LogP contribution in [0, 0.1) is 0 Å². The zero-order valence-electron chi connectivity index (χ0n) is 12.7. The van der Waals surface area contributed by atoms with Crippen LogP contribution < -0.4 is 5.32 Å². The van der Waals surface area contributed by atoms with Gasteiger partial charge >= 0.3 is 12.0 Å². The van der Waals surface area contributed by atoms with Gasteiger partial charge in [-0.05, 0) is 26.7 Å². The Morgan fingerprint density at radius 1 is 1.25 bits per heavy atom. The molecule has 2 N–H and O–H groups in total. The van der Waals surface area contributed by atoms with Crippen LogP contribution in [0.2, 0.25) is 0 Å². The van der Waals surface area contributed by atoms with E-state index in [1.807, 2.05) is 19.9 Å². The predicted molar refractivity (Wildman–Crippen MR) is 78.7 cm³/mol. The molecule has 0 aromatic carbocycles. The molecule has 0 aliphatic heterocycles. The number of carboxylic acids is 1. The van der Waals surface area contributed by atoms with E-state index in [0.29, 0.717) is 6.54 Å². The van der Waals surface area contributed by atoms with Crippen molar-refractivity contribution >= 4 is 12.0 Å². The lowest BCUT2D eigenvalue weighted by Gasteiger charge is -2.43. The second-order valence-electron chi connectivity index (χ2n) is 5.88. The number of hydrogen-bond acceptors (Lipinski definition) is 2. The summed E-state index contributed by atoms with van der Waals surface area (Å²) >= 11 is 0. The number of amides is 2. The van der Waals surface area contributed by atoms with Gasteiger partial charge in [-0.25, -0.2) is 4.79 Å². The van der Waals surface area contributed by atoms with Crippen molar-refractivity contribution in [2.75, 3.05) is 13.6 Å². The van der Waals surface area contributed by atoms with Crippen molar-refractivity contribution in [1.29, 1.82) is 0 Å². The second kappa shape index (κ2) is 7.31. The molecule has 1 aliphatic carbocycles. The average molecular weight is 282 g/mol. The Hall–Kier alpha value is -1.52. The number of nitrogens with zero attached hydrogens (tertiary/aromatic N) is 1. The van der Waals surface area contributed by atoms with E-state index in [4.69, 9.17) is 5.11 Å². The molecular weight excluding hydrogens is 256 g/mol. The van der Waals surface area contributed by atoms with Crippen LogP contribution in [0.25, 0.3) is 0 Å². The van der Waals surface area contributed by atoms with Gasteiger partial charge < -0.3 is 15.3 Å². The lowest BCUT2D eigenvalue weighted by Crippen LogP contribution is -2.55. The van der Waals surface area contributed by atoms with Crippen molar-refractivity contribution in [2.24, 2.45) is 0 Å². The quantitative estimate of drug-likeness (QED) is 0.762. The first kappa shape index (κ1) is 16.5. The van der Waals surface area contributed by atoms with Crippen LogP contribution in [-0.2, 0) is 4.79 Å². The summed E-state index contributed by atoms with van der Waals surface area (Å²) in [6.45, 7) is 4.43. The highest BCUT2D eigenvalue weighted by atomic mass is 16.4. The molecule has 0 saturated heterocycles. The summed E-state index contributed by atoms with van der Waals surface area (Å²) in [5, 5.41) is 12.0. The van der Waals surface area contributed by atoms with Crippen LogP contribution in [0.1, 0.15) is 52.4 Å². The highest BCUT2D eigenvalue weighted by molar-refractivity contribution is 5.77. The third-order valence-corrected chi connectivity index (χ3v) is 4.04. The predicted octanol–water partition coefficient (Wildman–Crippen LogP) is 2.77. The first-order valence-electron chi connectivity index (χ1n) is 7.24. The average Bonchev–Trinajstić information content (AvgIpc) is 2.37. The van der Waals surface area contributed by atoms with Gasteiger partial charge in [0.05, 0.1) is 12.0 Å². The molecular formula is C15H26N2O3. The minimum absolute atomic E-state index is 0.0273. The summed E-state index contributed by atoms with van der Waals surface area (Å²) in [7, 11) is 1.71. The molecule has 0 heterocycles. The summed E-state index contributed by atoms with van der Waals surface area (Å²) < 4.78 is 0. The SMILES string of the molecule is CC(C)=CCNC(=O)N(C)C1(CC(=O)O)CCCCC1. The molecule has 1 fully saturated rings. The van der Waals surface area contributed by atoms with E-state index in [-0.39, 0.29) is 12.5 Å². The molecule has 0 aromatic heterocycles. The minimum Gasteiger partial charge on any atom is -0.481 e. The zero-order valence-corrected chi connectivity index (χ0v) is 12.7. The Balaban J connectivity index is 2.71. The highest BCUT2D eigenvalue weighted by Crippen LogP contribution is 2.35. The molecule has 0 unspecified atom stereocenters. The second-order valence-corrected chi connectivity index (χ2v) is 5.88. The van der Waals surface area contributed by atoms with E-state index in [1.165, 1.54) is 0 Å². The van der Waals surface area contributed by atoms with Gasteiger partial charge in [0.25, 0.3) is 0 Å². The Morgan fingerprint density at radius 2 is 1.85 bits per heavy atom. The molecule has 0 radical (unpaired) electrons. The summed E-state index contributed by atoms with van der Waals surface area (Å²) in [6.07, 6.45) is 6.60. The number of urea groups is 1. The molecule has 1 aliphatic rings. The third kappa shape index (κ3) is 4.54. The maximum Gasteiger partial charge on any atom is 0.317 e. The summed E-state index contributed by atoms with van der Waals surface area (Å²) in [5.74, 6) is -0.837. The number of rotatable bonds is 5. The Morgan fingerprint density at radius 3 is 2.35 bits per heavy atom. The van der Waals surface area contributed by atoms with E-state index in [9.17, 15) is 9.59 Å². The summed E-state index contributed by atoms with van der Waals surface area (Å²) in [6, 6.07) is -0.189. The number of hydrogen-bond donors (Lipinski definition) is 2. The molecule has 1 saturated carbocycles. The number of aliphatic carboxylic acids is 1. The van der Waals surface area contributed by atoms with Gasteiger partial charge in [0.1, 0.15) is 0 Å². The van der Waals surface area contributed by atoms with Crippen LogP contribution >= 0.6 is 0 Å². The summed E-state index contributed by atoms with van der Waals surface area (Å²) in [5.41, 5.74) is 0.616. The van der Waals surface area contributed by atoms with Crippen LogP contribution in [0.15, 0.2) is 11.6 Å². The molecule has 114 valence electrons. The van der Waals surface area contributed by atoms with Crippen molar-refractivity contribution in [3.05, 3.63) is 11.6 Å². The standard InChI is InChI=1S/C15H26N2O3/c1-12(2)7-10-16-14(20)17(3)15(11-13(18)19)8-5-4-6-9-15/h7H,4-6,8-11H2,1-3H3,(H,16,20)(H,18,19).